The third kappa shape index (κ3) is 4.76. The minimum Gasteiger partial charge on any atom is -0.312 e. The summed E-state index contributed by atoms with van der Waals surface area (Å²) in [7, 11) is 0. The van der Waals surface area contributed by atoms with Gasteiger partial charge in [0.05, 0.1) is 0 Å². The Morgan fingerprint density at radius 1 is 1.00 bits per heavy atom. The zero-order valence-electron chi connectivity index (χ0n) is 14.6. The number of rotatable bonds is 3. The van der Waals surface area contributed by atoms with Crippen molar-refractivity contribution in [2.24, 2.45) is 23.2 Å². The van der Waals surface area contributed by atoms with Crippen LogP contribution in [-0.4, -0.2) is 12.1 Å². The second-order valence-electron chi connectivity index (χ2n) is 9.36. The predicted octanol–water partition coefficient (Wildman–Crippen LogP) is 5.40. The van der Waals surface area contributed by atoms with Gasteiger partial charge in [-0.25, -0.2) is 0 Å². The maximum Gasteiger partial charge on any atom is 0.00966 e. The largest absolute Gasteiger partial charge is 0.312 e. The molecule has 2 fully saturated rings. The van der Waals surface area contributed by atoms with Crippen molar-refractivity contribution in [2.45, 2.75) is 91.5 Å². The van der Waals surface area contributed by atoms with Crippen LogP contribution in [0.1, 0.15) is 86.0 Å². The first-order chi connectivity index (χ1) is 9.27. The van der Waals surface area contributed by atoms with E-state index in [1.807, 2.05) is 0 Å². The SMILES string of the molecule is CC1(C)CCC(CNC(C)(C)C)C(C2CCCCC2)C1. The average Bonchev–Trinajstić information content (AvgIpc) is 2.36. The van der Waals surface area contributed by atoms with Crippen molar-refractivity contribution < 1.29 is 0 Å². The van der Waals surface area contributed by atoms with Crippen molar-refractivity contribution in [2.75, 3.05) is 6.54 Å². The summed E-state index contributed by atoms with van der Waals surface area (Å²) in [6.07, 6.45) is 11.8. The summed E-state index contributed by atoms with van der Waals surface area (Å²) in [5, 5.41) is 3.79. The Kier molecular flexibility index (Phi) is 5.21. The number of nitrogens with one attached hydrogen (secondary N) is 1. The molecule has 0 amide bonds. The van der Waals surface area contributed by atoms with Crippen molar-refractivity contribution in [1.29, 1.82) is 0 Å². The van der Waals surface area contributed by atoms with Gasteiger partial charge in [-0.05, 0) is 69.7 Å². The zero-order valence-corrected chi connectivity index (χ0v) is 14.6. The summed E-state index contributed by atoms with van der Waals surface area (Å²) in [5.41, 5.74) is 0.852. The molecule has 2 saturated carbocycles. The number of hydrogen-bond donors (Lipinski definition) is 1. The molecule has 1 heteroatoms. The zero-order chi connectivity index (χ0) is 14.8. The summed E-state index contributed by atoms with van der Waals surface area (Å²) in [6, 6.07) is 0. The summed E-state index contributed by atoms with van der Waals surface area (Å²) in [4.78, 5) is 0. The molecular formula is C19H37N. The molecule has 0 aromatic carbocycles. The standard InChI is InChI=1S/C19H37N/c1-18(2,3)20-14-16-11-12-19(4,5)13-17(16)15-9-7-6-8-10-15/h15-17,20H,6-14H2,1-5H3. The Labute approximate surface area is 127 Å². The molecule has 2 unspecified atom stereocenters. The molecule has 2 aliphatic carbocycles. The van der Waals surface area contributed by atoms with Crippen LogP contribution in [0.15, 0.2) is 0 Å². The van der Waals surface area contributed by atoms with E-state index < -0.39 is 0 Å². The van der Waals surface area contributed by atoms with Gasteiger partial charge < -0.3 is 5.32 Å². The molecule has 20 heavy (non-hydrogen) atoms. The molecule has 0 saturated heterocycles. The lowest BCUT2D eigenvalue weighted by molar-refractivity contribution is 0.0546. The molecule has 0 bridgehead atoms. The smallest absolute Gasteiger partial charge is 0.00966 e. The van der Waals surface area contributed by atoms with E-state index in [1.54, 1.807) is 0 Å². The highest BCUT2D eigenvalue weighted by Gasteiger charge is 2.39. The third-order valence-electron chi connectivity index (χ3n) is 5.74. The van der Waals surface area contributed by atoms with E-state index in [9.17, 15) is 0 Å². The molecule has 2 atom stereocenters. The van der Waals surface area contributed by atoms with Crippen LogP contribution in [-0.2, 0) is 0 Å². The van der Waals surface area contributed by atoms with Gasteiger partial charge in [0.2, 0.25) is 0 Å². The molecule has 0 heterocycles. The Morgan fingerprint density at radius 3 is 2.25 bits per heavy atom. The van der Waals surface area contributed by atoms with Crippen LogP contribution in [0, 0.1) is 23.2 Å². The van der Waals surface area contributed by atoms with Gasteiger partial charge >= 0.3 is 0 Å². The maximum atomic E-state index is 3.79. The van der Waals surface area contributed by atoms with Crippen LogP contribution in [0.3, 0.4) is 0 Å². The van der Waals surface area contributed by atoms with Crippen LogP contribution in [0.25, 0.3) is 0 Å². The summed E-state index contributed by atoms with van der Waals surface area (Å²) < 4.78 is 0. The van der Waals surface area contributed by atoms with Crippen LogP contribution < -0.4 is 5.32 Å². The lowest BCUT2D eigenvalue weighted by Crippen LogP contribution is -2.45. The lowest BCUT2D eigenvalue weighted by atomic mass is 9.61. The van der Waals surface area contributed by atoms with E-state index in [0.29, 0.717) is 5.41 Å². The molecule has 118 valence electrons. The molecule has 0 aliphatic heterocycles. The highest BCUT2D eigenvalue weighted by molar-refractivity contribution is 4.91. The predicted molar refractivity (Wildman–Crippen MR) is 88.9 cm³/mol. The van der Waals surface area contributed by atoms with Gasteiger partial charge in [-0.2, -0.15) is 0 Å². The van der Waals surface area contributed by atoms with Gasteiger partial charge in [-0.3, -0.25) is 0 Å². The van der Waals surface area contributed by atoms with E-state index in [0.717, 1.165) is 17.8 Å². The average molecular weight is 280 g/mol. The van der Waals surface area contributed by atoms with Crippen molar-refractivity contribution in [3.8, 4) is 0 Å². The first-order valence-electron chi connectivity index (χ1n) is 9.02. The van der Waals surface area contributed by atoms with Gasteiger partial charge in [-0.1, -0.05) is 46.0 Å². The Hall–Kier alpha value is -0.0400. The maximum absolute atomic E-state index is 3.79. The normalized spacial score (nSPS) is 32.2. The van der Waals surface area contributed by atoms with E-state index in [4.69, 9.17) is 0 Å². The Bertz CT molecular complexity index is 293. The van der Waals surface area contributed by atoms with E-state index in [1.165, 1.54) is 57.9 Å². The molecule has 1 nitrogen and oxygen atoms in total. The topological polar surface area (TPSA) is 12.0 Å². The minimum atomic E-state index is 0.268. The Balaban J connectivity index is 1.99. The van der Waals surface area contributed by atoms with Crippen LogP contribution >= 0.6 is 0 Å². The van der Waals surface area contributed by atoms with Crippen molar-refractivity contribution >= 4 is 0 Å². The molecule has 1 N–H and O–H groups in total. The fraction of sp³-hybridized carbons (Fsp3) is 1.00. The van der Waals surface area contributed by atoms with Crippen LogP contribution in [0.2, 0.25) is 0 Å². The molecule has 0 aromatic heterocycles. The second kappa shape index (κ2) is 6.38. The first-order valence-corrected chi connectivity index (χ1v) is 9.02. The van der Waals surface area contributed by atoms with Crippen molar-refractivity contribution in [3.63, 3.8) is 0 Å². The van der Waals surface area contributed by atoms with E-state index >= 15 is 0 Å². The van der Waals surface area contributed by atoms with Gasteiger partial charge in [0.25, 0.3) is 0 Å². The molecular weight excluding hydrogens is 242 g/mol. The first kappa shape index (κ1) is 16.3. The van der Waals surface area contributed by atoms with Crippen molar-refractivity contribution in [3.05, 3.63) is 0 Å². The van der Waals surface area contributed by atoms with Crippen LogP contribution in [0.4, 0.5) is 0 Å². The highest BCUT2D eigenvalue weighted by Crippen LogP contribution is 2.48. The lowest BCUT2D eigenvalue weighted by Gasteiger charge is -2.46. The molecule has 0 aromatic rings. The fourth-order valence-corrected chi connectivity index (χ4v) is 4.50. The van der Waals surface area contributed by atoms with Gasteiger partial charge in [0.1, 0.15) is 0 Å². The molecule has 0 radical (unpaired) electrons. The molecule has 0 spiro atoms. The van der Waals surface area contributed by atoms with Gasteiger partial charge in [-0.15, -0.1) is 0 Å². The summed E-state index contributed by atoms with van der Waals surface area (Å²) in [5.74, 6) is 2.93. The summed E-state index contributed by atoms with van der Waals surface area (Å²) in [6.45, 7) is 13.1. The third-order valence-corrected chi connectivity index (χ3v) is 5.74. The second-order valence-corrected chi connectivity index (χ2v) is 9.36. The van der Waals surface area contributed by atoms with Crippen molar-refractivity contribution in [1.82, 2.24) is 5.32 Å². The molecule has 2 aliphatic rings. The molecule has 2 rings (SSSR count). The fourth-order valence-electron chi connectivity index (χ4n) is 4.50. The van der Waals surface area contributed by atoms with Crippen LogP contribution in [0.5, 0.6) is 0 Å². The summed E-state index contributed by atoms with van der Waals surface area (Å²) >= 11 is 0. The highest BCUT2D eigenvalue weighted by atomic mass is 14.9. The monoisotopic (exact) mass is 279 g/mol. The minimum absolute atomic E-state index is 0.268. The Morgan fingerprint density at radius 2 is 1.65 bits per heavy atom. The van der Waals surface area contributed by atoms with Gasteiger partial charge in [0.15, 0.2) is 0 Å². The van der Waals surface area contributed by atoms with E-state index in [-0.39, 0.29) is 5.54 Å². The quantitative estimate of drug-likeness (QED) is 0.729. The van der Waals surface area contributed by atoms with Gasteiger partial charge in [0, 0.05) is 5.54 Å². The van der Waals surface area contributed by atoms with E-state index in [2.05, 4.69) is 39.9 Å². The number of hydrogen-bond acceptors (Lipinski definition) is 1.